The van der Waals surface area contributed by atoms with Crippen LogP contribution < -0.4 is 0 Å². The normalized spacial score (nSPS) is 10.9. The SMILES string of the molecule is Cc1ccccc1-n1[se]c2ccccc2c1=S. The van der Waals surface area contributed by atoms with Gasteiger partial charge in [-0.1, -0.05) is 0 Å². The van der Waals surface area contributed by atoms with E-state index in [1.807, 2.05) is 0 Å². The van der Waals surface area contributed by atoms with E-state index in [0.717, 1.165) is 4.64 Å². The Morgan fingerprint density at radius 1 is 1.00 bits per heavy atom. The van der Waals surface area contributed by atoms with Crippen molar-refractivity contribution in [1.82, 2.24) is 3.56 Å². The summed E-state index contributed by atoms with van der Waals surface area (Å²) in [5.41, 5.74) is 2.53. The van der Waals surface area contributed by atoms with Crippen molar-refractivity contribution in [3.05, 3.63) is 58.7 Å². The van der Waals surface area contributed by atoms with Crippen LogP contribution in [0.1, 0.15) is 5.56 Å². The fourth-order valence-corrected chi connectivity index (χ4v) is 4.81. The molecule has 0 N–H and O–H groups in total. The first kappa shape index (κ1) is 11.0. The van der Waals surface area contributed by atoms with Gasteiger partial charge >= 0.3 is 112 Å². The average Bonchev–Trinajstić information content (AvgIpc) is 2.68. The number of hydrogen-bond donors (Lipinski definition) is 0. The number of fused-ring (bicyclic) bond motifs is 1. The van der Waals surface area contributed by atoms with E-state index in [9.17, 15) is 0 Å². The second-order valence-corrected chi connectivity index (χ2v) is 6.43. The minimum atomic E-state index is 0.278. The first-order valence-electron chi connectivity index (χ1n) is 5.44. The van der Waals surface area contributed by atoms with Gasteiger partial charge in [0.05, 0.1) is 0 Å². The molecule has 3 heteroatoms. The Morgan fingerprint density at radius 2 is 1.71 bits per heavy atom. The van der Waals surface area contributed by atoms with Crippen LogP contribution in [-0.2, 0) is 0 Å². The molecule has 3 aromatic rings. The van der Waals surface area contributed by atoms with Crippen LogP contribution in [0.2, 0.25) is 0 Å². The van der Waals surface area contributed by atoms with Crippen molar-refractivity contribution in [2.75, 3.05) is 0 Å². The van der Waals surface area contributed by atoms with Gasteiger partial charge in [-0.15, -0.1) is 0 Å². The second kappa shape index (κ2) is 4.26. The Balaban J connectivity index is 2.36. The predicted molar refractivity (Wildman–Crippen MR) is 75.8 cm³/mol. The monoisotopic (exact) mass is 305 g/mol. The summed E-state index contributed by atoms with van der Waals surface area (Å²) >= 11 is 5.86. The molecule has 2 aromatic carbocycles. The third-order valence-electron chi connectivity index (χ3n) is 2.83. The predicted octanol–water partition coefficient (Wildman–Crippen LogP) is 3.73. The molecule has 1 nitrogen and oxygen atoms in total. The Morgan fingerprint density at radius 3 is 2.47 bits per heavy atom. The molecule has 0 radical (unpaired) electrons. The van der Waals surface area contributed by atoms with E-state index in [1.165, 1.54) is 20.9 Å². The van der Waals surface area contributed by atoms with Gasteiger partial charge in [-0.25, -0.2) is 0 Å². The maximum atomic E-state index is 5.58. The van der Waals surface area contributed by atoms with Crippen molar-refractivity contribution in [2.24, 2.45) is 0 Å². The van der Waals surface area contributed by atoms with E-state index in [1.54, 1.807) is 0 Å². The maximum absolute atomic E-state index is 5.58. The molecule has 3 rings (SSSR count). The summed E-state index contributed by atoms with van der Waals surface area (Å²) in [4.78, 5) is 0. The van der Waals surface area contributed by atoms with E-state index >= 15 is 0 Å². The fourth-order valence-electron chi connectivity index (χ4n) is 1.92. The van der Waals surface area contributed by atoms with E-state index in [0.29, 0.717) is 0 Å². The molecule has 0 amide bonds. The molecule has 0 saturated heterocycles. The molecule has 0 unspecified atom stereocenters. The van der Waals surface area contributed by atoms with Crippen LogP contribution in [0.5, 0.6) is 0 Å². The summed E-state index contributed by atoms with van der Waals surface area (Å²) in [7, 11) is 0. The quantitative estimate of drug-likeness (QED) is 0.490. The molecule has 0 atom stereocenters. The van der Waals surface area contributed by atoms with E-state index in [4.69, 9.17) is 12.2 Å². The molecule has 0 bridgehead atoms. The molecule has 84 valence electrons. The Bertz CT molecular complexity index is 739. The summed E-state index contributed by atoms with van der Waals surface area (Å²) in [6.45, 7) is 2.14. The van der Waals surface area contributed by atoms with Crippen molar-refractivity contribution < 1.29 is 0 Å². The van der Waals surface area contributed by atoms with Crippen LogP contribution >= 0.6 is 12.2 Å². The topological polar surface area (TPSA) is 4.93 Å². The van der Waals surface area contributed by atoms with Crippen molar-refractivity contribution in [3.8, 4) is 5.69 Å². The second-order valence-electron chi connectivity index (χ2n) is 3.97. The molecule has 1 heterocycles. The van der Waals surface area contributed by atoms with Crippen LogP contribution in [0.15, 0.2) is 48.5 Å². The van der Waals surface area contributed by atoms with Gasteiger partial charge in [0.1, 0.15) is 0 Å². The summed E-state index contributed by atoms with van der Waals surface area (Å²) in [6.07, 6.45) is 0. The van der Waals surface area contributed by atoms with Crippen LogP contribution in [0.3, 0.4) is 0 Å². The number of aryl methyl sites for hydroxylation is 1. The third kappa shape index (κ3) is 1.81. The zero-order chi connectivity index (χ0) is 11.8. The van der Waals surface area contributed by atoms with Gasteiger partial charge in [-0.3, -0.25) is 0 Å². The van der Waals surface area contributed by atoms with Gasteiger partial charge in [0.15, 0.2) is 0 Å². The first-order valence-corrected chi connectivity index (χ1v) is 7.47. The molecule has 0 aliphatic heterocycles. The van der Waals surface area contributed by atoms with Crippen molar-refractivity contribution in [1.29, 1.82) is 0 Å². The van der Waals surface area contributed by atoms with Gasteiger partial charge in [0, 0.05) is 0 Å². The van der Waals surface area contributed by atoms with E-state index in [2.05, 4.69) is 59.0 Å². The molecule has 0 spiro atoms. The molecule has 0 aliphatic rings. The van der Waals surface area contributed by atoms with Crippen LogP contribution in [0.25, 0.3) is 15.3 Å². The molecule has 0 aliphatic carbocycles. The molecular weight excluding hydrogens is 293 g/mol. The molecule has 0 saturated carbocycles. The zero-order valence-electron chi connectivity index (χ0n) is 9.38. The molecule has 1 aromatic heterocycles. The average molecular weight is 304 g/mol. The fraction of sp³-hybridized carbons (Fsp3) is 0.0714. The Kier molecular flexibility index (Phi) is 2.75. The van der Waals surface area contributed by atoms with Crippen LogP contribution in [-0.4, -0.2) is 18.3 Å². The van der Waals surface area contributed by atoms with E-state index < -0.39 is 0 Å². The molecule has 0 fully saturated rings. The van der Waals surface area contributed by atoms with E-state index in [-0.39, 0.29) is 14.7 Å². The first-order chi connectivity index (χ1) is 8.27. The summed E-state index contributed by atoms with van der Waals surface area (Å²) in [5, 5.41) is 1.23. The number of para-hydroxylation sites is 1. The number of hydrogen-bond acceptors (Lipinski definition) is 1. The minimum absolute atomic E-state index is 0.278. The van der Waals surface area contributed by atoms with Gasteiger partial charge in [-0.2, -0.15) is 0 Å². The summed E-state index contributed by atoms with van der Waals surface area (Å²) in [5.74, 6) is 0. The number of benzene rings is 2. The van der Waals surface area contributed by atoms with Gasteiger partial charge in [-0.05, 0) is 0 Å². The van der Waals surface area contributed by atoms with Crippen molar-refractivity contribution >= 4 is 36.6 Å². The van der Waals surface area contributed by atoms with Crippen LogP contribution in [0.4, 0.5) is 0 Å². The molecular formula is C14H11NSSe. The van der Waals surface area contributed by atoms with Crippen molar-refractivity contribution in [3.63, 3.8) is 0 Å². The molecule has 17 heavy (non-hydrogen) atoms. The Hall–Kier alpha value is -1.15. The third-order valence-corrected chi connectivity index (χ3v) is 5.83. The zero-order valence-corrected chi connectivity index (χ0v) is 11.9. The number of nitrogens with zero attached hydrogens (tertiary/aromatic N) is 1. The van der Waals surface area contributed by atoms with Gasteiger partial charge < -0.3 is 0 Å². The number of rotatable bonds is 1. The standard InChI is InChI=1S/C14H11NSSe/c1-10-6-2-4-8-12(10)15-14(16)11-7-3-5-9-13(11)17-15/h2-9H,1H3. The van der Waals surface area contributed by atoms with Gasteiger partial charge in [0.2, 0.25) is 0 Å². The van der Waals surface area contributed by atoms with Crippen LogP contribution in [0, 0.1) is 11.6 Å². The summed E-state index contributed by atoms with van der Waals surface area (Å²) < 4.78 is 4.63. The Labute approximate surface area is 111 Å². The van der Waals surface area contributed by atoms with Crippen molar-refractivity contribution in [2.45, 2.75) is 6.92 Å². The summed E-state index contributed by atoms with van der Waals surface area (Å²) in [6, 6.07) is 16.9. The number of aromatic nitrogens is 1. The van der Waals surface area contributed by atoms with Gasteiger partial charge in [0.25, 0.3) is 0 Å².